The summed E-state index contributed by atoms with van der Waals surface area (Å²) in [6.45, 7) is 0.311. The first-order valence-corrected chi connectivity index (χ1v) is 8.82. The first-order valence-electron chi connectivity index (χ1n) is 6.97. The minimum Gasteiger partial charge on any atom is -0.487 e. The Morgan fingerprint density at radius 1 is 1.09 bits per heavy atom. The van der Waals surface area contributed by atoms with E-state index in [9.17, 15) is 13.2 Å². The number of benzene rings is 2. The lowest BCUT2D eigenvalue weighted by atomic mass is 10.1. The second-order valence-corrected chi connectivity index (χ2v) is 7.04. The van der Waals surface area contributed by atoms with Crippen LogP contribution in [0.2, 0.25) is 0 Å². The van der Waals surface area contributed by atoms with Crippen LogP contribution in [-0.4, -0.2) is 24.9 Å². The highest BCUT2D eigenvalue weighted by atomic mass is 32.2. The van der Waals surface area contributed by atoms with Gasteiger partial charge in [-0.1, -0.05) is 30.3 Å². The Labute approximate surface area is 134 Å². The molecule has 3 rings (SSSR count). The number of fused-ring (bicyclic) bond motifs is 1. The van der Waals surface area contributed by atoms with Crippen molar-refractivity contribution in [1.82, 2.24) is 3.97 Å². The standard InChI is InChI=1S/C17H15NO4S/c1-23(20,21)18-10-9-15-14(11-19)7-8-16(17(15)18)22-12-13-5-3-2-4-6-13/h2-11H,12H2,1H3. The third-order valence-electron chi connectivity index (χ3n) is 3.53. The smallest absolute Gasteiger partial charge is 0.236 e. The lowest BCUT2D eigenvalue weighted by molar-refractivity contribution is 0.112. The molecule has 3 aromatic rings. The molecule has 6 heteroatoms. The van der Waals surface area contributed by atoms with Gasteiger partial charge in [-0.25, -0.2) is 12.4 Å². The Kier molecular flexibility index (Phi) is 3.92. The van der Waals surface area contributed by atoms with Crippen molar-refractivity contribution in [3.8, 4) is 5.75 Å². The van der Waals surface area contributed by atoms with Gasteiger partial charge in [0.25, 0.3) is 0 Å². The van der Waals surface area contributed by atoms with E-state index in [4.69, 9.17) is 4.74 Å². The van der Waals surface area contributed by atoms with Crippen LogP contribution < -0.4 is 4.74 Å². The Morgan fingerprint density at radius 2 is 1.83 bits per heavy atom. The minimum atomic E-state index is -3.50. The molecule has 0 atom stereocenters. The monoisotopic (exact) mass is 329 g/mol. The molecule has 118 valence electrons. The number of rotatable bonds is 5. The highest BCUT2D eigenvalue weighted by Gasteiger charge is 2.16. The summed E-state index contributed by atoms with van der Waals surface area (Å²) in [5.74, 6) is 0.421. The van der Waals surface area contributed by atoms with E-state index in [1.165, 1.54) is 6.20 Å². The van der Waals surface area contributed by atoms with Crippen LogP contribution in [-0.2, 0) is 16.6 Å². The van der Waals surface area contributed by atoms with Crippen LogP contribution in [0.15, 0.2) is 54.7 Å². The number of carbonyl (C=O) groups is 1. The van der Waals surface area contributed by atoms with Gasteiger partial charge in [-0.15, -0.1) is 0 Å². The van der Waals surface area contributed by atoms with Crippen LogP contribution in [0.1, 0.15) is 15.9 Å². The number of aromatic nitrogens is 1. The van der Waals surface area contributed by atoms with E-state index in [0.717, 1.165) is 15.8 Å². The van der Waals surface area contributed by atoms with Gasteiger partial charge in [0.2, 0.25) is 10.0 Å². The summed E-state index contributed by atoms with van der Waals surface area (Å²) in [5.41, 5.74) is 1.78. The van der Waals surface area contributed by atoms with Gasteiger partial charge in [0, 0.05) is 17.1 Å². The molecular formula is C17H15NO4S. The summed E-state index contributed by atoms with van der Waals surface area (Å²) in [7, 11) is -3.50. The lowest BCUT2D eigenvalue weighted by Crippen LogP contribution is -2.09. The maximum Gasteiger partial charge on any atom is 0.236 e. The third-order valence-corrected chi connectivity index (χ3v) is 4.55. The molecular weight excluding hydrogens is 314 g/mol. The van der Waals surface area contributed by atoms with E-state index >= 15 is 0 Å². The van der Waals surface area contributed by atoms with Crippen LogP contribution in [0.25, 0.3) is 10.9 Å². The van der Waals surface area contributed by atoms with Crippen molar-refractivity contribution < 1.29 is 17.9 Å². The molecule has 0 saturated heterocycles. The van der Waals surface area contributed by atoms with Crippen molar-refractivity contribution in [3.05, 3.63) is 65.9 Å². The first kappa shape index (κ1) is 15.3. The van der Waals surface area contributed by atoms with Crippen LogP contribution in [0.3, 0.4) is 0 Å². The first-order chi connectivity index (χ1) is 11.0. The normalized spacial score (nSPS) is 11.5. The predicted molar refractivity (Wildman–Crippen MR) is 88.3 cm³/mol. The Bertz CT molecular complexity index is 959. The summed E-state index contributed by atoms with van der Waals surface area (Å²) in [6, 6.07) is 14.4. The molecule has 23 heavy (non-hydrogen) atoms. The highest BCUT2D eigenvalue weighted by molar-refractivity contribution is 7.89. The number of aldehydes is 1. The molecule has 0 bridgehead atoms. The molecule has 0 aliphatic rings. The van der Waals surface area contributed by atoms with Crippen molar-refractivity contribution in [2.75, 3.05) is 6.26 Å². The predicted octanol–water partition coefficient (Wildman–Crippen LogP) is 2.84. The van der Waals surface area contributed by atoms with Crippen molar-refractivity contribution in [2.45, 2.75) is 6.61 Å². The molecule has 0 aliphatic heterocycles. The summed E-state index contributed by atoms with van der Waals surface area (Å²) in [4.78, 5) is 11.2. The van der Waals surface area contributed by atoms with Crippen molar-refractivity contribution in [1.29, 1.82) is 0 Å². The molecule has 0 saturated carbocycles. The minimum absolute atomic E-state index is 0.311. The topological polar surface area (TPSA) is 65.4 Å². The van der Waals surface area contributed by atoms with E-state index in [2.05, 4.69) is 0 Å². The second kappa shape index (κ2) is 5.89. The van der Waals surface area contributed by atoms with E-state index in [1.54, 1.807) is 18.2 Å². The molecule has 0 radical (unpaired) electrons. The van der Waals surface area contributed by atoms with Crippen molar-refractivity contribution in [3.63, 3.8) is 0 Å². The summed E-state index contributed by atoms with van der Waals surface area (Å²) >= 11 is 0. The maximum absolute atomic E-state index is 12.0. The van der Waals surface area contributed by atoms with Gasteiger partial charge in [-0.3, -0.25) is 4.79 Å². The van der Waals surface area contributed by atoms with E-state index in [0.29, 0.717) is 35.1 Å². The van der Waals surface area contributed by atoms with Crippen LogP contribution >= 0.6 is 0 Å². The van der Waals surface area contributed by atoms with Crippen molar-refractivity contribution >= 4 is 27.2 Å². The molecule has 0 fully saturated rings. The fraction of sp³-hybridized carbons (Fsp3) is 0.118. The fourth-order valence-corrected chi connectivity index (χ4v) is 3.26. The average molecular weight is 329 g/mol. The van der Waals surface area contributed by atoms with Gasteiger partial charge in [0.15, 0.2) is 6.29 Å². The number of hydrogen-bond acceptors (Lipinski definition) is 4. The Balaban J connectivity index is 2.09. The molecule has 1 aromatic heterocycles. The highest BCUT2D eigenvalue weighted by Crippen LogP contribution is 2.30. The quantitative estimate of drug-likeness (QED) is 0.675. The van der Waals surface area contributed by atoms with Gasteiger partial charge < -0.3 is 4.74 Å². The van der Waals surface area contributed by atoms with E-state index < -0.39 is 10.0 Å². The Morgan fingerprint density at radius 3 is 2.48 bits per heavy atom. The number of nitrogens with zero attached hydrogens (tertiary/aromatic N) is 1. The molecule has 0 spiro atoms. The molecule has 1 heterocycles. The molecule has 0 unspecified atom stereocenters. The number of hydrogen-bond donors (Lipinski definition) is 0. The third kappa shape index (κ3) is 2.98. The molecule has 2 aromatic carbocycles. The molecule has 0 aliphatic carbocycles. The van der Waals surface area contributed by atoms with Crippen LogP contribution in [0.5, 0.6) is 5.75 Å². The molecule has 0 amide bonds. The van der Waals surface area contributed by atoms with Gasteiger partial charge in [-0.2, -0.15) is 0 Å². The van der Waals surface area contributed by atoms with Gasteiger partial charge in [0.1, 0.15) is 17.9 Å². The van der Waals surface area contributed by atoms with Gasteiger partial charge in [0.05, 0.1) is 6.26 Å². The largest absolute Gasteiger partial charge is 0.487 e. The summed E-state index contributed by atoms with van der Waals surface area (Å²) in [5, 5.41) is 0.552. The van der Waals surface area contributed by atoms with Gasteiger partial charge in [-0.05, 0) is 23.8 Å². The zero-order valence-electron chi connectivity index (χ0n) is 12.5. The fourth-order valence-electron chi connectivity index (χ4n) is 2.45. The van der Waals surface area contributed by atoms with Gasteiger partial charge >= 0.3 is 0 Å². The maximum atomic E-state index is 12.0. The lowest BCUT2D eigenvalue weighted by Gasteiger charge is -2.11. The van der Waals surface area contributed by atoms with Crippen molar-refractivity contribution in [2.24, 2.45) is 0 Å². The van der Waals surface area contributed by atoms with E-state index in [1.807, 2.05) is 30.3 Å². The average Bonchev–Trinajstić information content (AvgIpc) is 2.99. The SMILES string of the molecule is CS(=O)(=O)n1ccc2c(C=O)ccc(OCc3ccccc3)c21. The number of ether oxygens (including phenoxy) is 1. The van der Waals surface area contributed by atoms with E-state index in [-0.39, 0.29) is 0 Å². The zero-order valence-corrected chi connectivity index (χ0v) is 13.3. The van der Waals surface area contributed by atoms with Crippen LogP contribution in [0, 0.1) is 0 Å². The second-order valence-electron chi connectivity index (χ2n) is 5.18. The number of carbonyl (C=O) groups excluding carboxylic acids is 1. The molecule has 5 nitrogen and oxygen atoms in total. The zero-order chi connectivity index (χ0) is 16.4. The summed E-state index contributed by atoms with van der Waals surface area (Å²) < 4.78 is 30.8. The summed E-state index contributed by atoms with van der Waals surface area (Å²) in [6.07, 6.45) is 3.25. The van der Waals surface area contributed by atoms with Crippen LogP contribution in [0.4, 0.5) is 0 Å². The molecule has 0 N–H and O–H groups in total. The Hall–Kier alpha value is -2.60.